The quantitative estimate of drug-likeness (QED) is 0.322. The third-order valence-electron chi connectivity index (χ3n) is 2.98. The number of nitro benzene ring substituents is 1. The molecule has 24 heavy (non-hydrogen) atoms. The van der Waals surface area contributed by atoms with Gasteiger partial charge < -0.3 is 5.32 Å². The van der Waals surface area contributed by atoms with Gasteiger partial charge in [0, 0.05) is 0 Å². The largest absolute Gasteiger partial charge is 0.320 e. The van der Waals surface area contributed by atoms with Crippen LogP contribution in [0, 0.1) is 15.9 Å². The number of nitro groups is 1. The Hall–Kier alpha value is -2.59. The molecular weight excluding hydrogens is 355 g/mol. The van der Waals surface area contributed by atoms with Crippen molar-refractivity contribution in [2.24, 2.45) is 0 Å². The van der Waals surface area contributed by atoms with E-state index in [9.17, 15) is 19.3 Å². The van der Waals surface area contributed by atoms with E-state index in [-0.39, 0.29) is 11.4 Å². The minimum absolute atomic E-state index is 0.0124. The van der Waals surface area contributed by atoms with E-state index in [1.807, 2.05) is 11.4 Å². The molecule has 2 aromatic heterocycles. The lowest BCUT2D eigenvalue weighted by molar-refractivity contribution is -0.384. The van der Waals surface area contributed by atoms with Crippen LogP contribution in [0.5, 0.6) is 0 Å². The molecule has 0 saturated carbocycles. The van der Waals surface area contributed by atoms with Crippen molar-refractivity contribution >= 4 is 50.6 Å². The van der Waals surface area contributed by atoms with Gasteiger partial charge in [0.15, 0.2) is 0 Å². The Morgan fingerprint density at radius 2 is 2.21 bits per heavy atom. The molecule has 1 aromatic carbocycles. The highest BCUT2D eigenvalue weighted by molar-refractivity contribution is 8.00. The van der Waals surface area contributed by atoms with Crippen LogP contribution in [-0.2, 0) is 4.79 Å². The predicted octanol–water partition coefficient (Wildman–Crippen LogP) is 3.47. The van der Waals surface area contributed by atoms with Crippen molar-refractivity contribution < 1.29 is 14.1 Å². The Bertz CT molecular complexity index is 931. The highest BCUT2D eigenvalue weighted by Gasteiger charge is 2.17. The number of hydrogen-bond acceptors (Lipinski definition) is 7. The molecule has 0 radical (unpaired) electrons. The van der Waals surface area contributed by atoms with Crippen LogP contribution in [0.1, 0.15) is 0 Å². The summed E-state index contributed by atoms with van der Waals surface area (Å²) >= 11 is 2.67. The summed E-state index contributed by atoms with van der Waals surface area (Å²) in [7, 11) is 0. The van der Waals surface area contributed by atoms with E-state index in [1.54, 1.807) is 0 Å². The van der Waals surface area contributed by atoms with E-state index in [0.29, 0.717) is 5.03 Å². The Labute approximate surface area is 143 Å². The van der Waals surface area contributed by atoms with Crippen LogP contribution in [0.25, 0.3) is 10.2 Å². The van der Waals surface area contributed by atoms with Gasteiger partial charge in [-0.3, -0.25) is 14.9 Å². The first-order valence-electron chi connectivity index (χ1n) is 6.59. The number of carbonyl (C=O) groups excluding carboxylic acids is 1. The number of benzene rings is 1. The zero-order chi connectivity index (χ0) is 17.1. The molecule has 1 N–H and O–H groups in total. The highest BCUT2D eigenvalue weighted by atomic mass is 32.2. The number of thioether (sulfide) groups is 1. The van der Waals surface area contributed by atoms with Crippen molar-refractivity contribution in [3.8, 4) is 0 Å². The number of nitrogens with zero attached hydrogens (tertiary/aromatic N) is 3. The van der Waals surface area contributed by atoms with E-state index < -0.39 is 22.3 Å². The van der Waals surface area contributed by atoms with Crippen molar-refractivity contribution in [1.82, 2.24) is 9.97 Å². The summed E-state index contributed by atoms with van der Waals surface area (Å²) in [5.74, 6) is -1.17. The number of rotatable bonds is 5. The van der Waals surface area contributed by atoms with Gasteiger partial charge >= 0.3 is 0 Å². The lowest BCUT2D eigenvalue weighted by Gasteiger charge is -2.06. The summed E-state index contributed by atoms with van der Waals surface area (Å²) in [5.41, 5.74) is 0.263. The van der Waals surface area contributed by atoms with E-state index in [0.717, 1.165) is 28.4 Å². The molecule has 1 amide bonds. The summed E-state index contributed by atoms with van der Waals surface area (Å²) in [5, 5.41) is 15.9. The van der Waals surface area contributed by atoms with Crippen LogP contribution in [0.3, 0.4) is 0 Å². The topological polar surface area (TPSA) is 98.0 Å². The fourth-order valence-electron chi connectivity index (χ4n) is 1.95. The van der Waals surface area contributed by atoms with Gasteiger partial charge in [-0.25, -0.2) is 14.4 Å². The maximum atomic E-state index is 13.1. The van der Waals surface area contributed by atoms with Gasteiger partial charge in [-0.15, -0.1) is 11.3 Å². The van der Waals surface area contributed by atoms with E-state index in [1.165, 1.54) is 29.4 Å². The number of thiophene rings is 1. The summed E-state index contributed by atoms with van der Waals surface area (Å²) < 4.78 is 14.0. The molecule has 0 aliphatic rings. The SMILES string of the molecule is O=C(CSc1ncnc2ccsc12)Nc1ccc(F)cc1[N+](=O)[O-]. The lowest BCUT2D eigenvalue weighted by atomic mass is 10.2. The summed E-state index contributed by atoms with van der Waals surface area (Å²) in [6.45, 7) is 0. The first-order chi connectivity index (χ1) is 11.5. The smallest absolute Gasteiger partial charge is 0.295 e. The second-order valence-corrected chi connectivity index (χ2v) is 6.45. The van der Waals surface area contributed by atoms with Gasteiger partial charge in [-0.05, 0) is 23.6 Å². The second-order valence-electron chi connectivity index (χ2n) is 4.57. The van der Waals surface area contributed by atoms with E-state index in [2.05, 4.69) is 15.3 Å². The first kappa shape index (κ1) is 16.3. The van der Waals surface area contributed by atoms with Crippen molar-refractivity contribution in [3.05, 3.63) is 51.9 Å². The number of fused-ring (bicyclic) bond motifs is 1. The normalized spacial score (nSPS) is 10.7. The molecule has 0 saturated heterocycles. The number of amides is 1. The fourth-order valence-corrected chi connectivity index (χ4v) is 3.70. The van der Waals surface area contributed by atoms with Gasteiger partial charge in [0.25, 0.3) is 5.69 Å². The van der Waals surface area contributed by atoms with Gasteiger partial charge in [0.05, 0.1) is 27.0 Å². The third-order valence-corrected chi connectivity index (χ3v) is 5.01. The number of carbonyl (C=O) groups is 1. The number of aromatic nitrogens is 2. The van der Waals surface area contributed by atoms with Crippen LogP contribution in [0.15, 0.2) is 41.0 Å². The minimum atomic E-state index is -0.745. The van der Waals surface area contributed by atoms with Crippen molar-refractivity contribution in [1.29, 1.82) is 0 Å². The lowest BCUT2D eigenvalue weighted by Crippen LogP contribution is -2.15. The monoisotopic (exact) mass is 364 g/mol. The molecular formula is C14H9FN4O3S2. The molecule has 3 aromatic rings. The molecule has 7 nitrogen and oxygen atoms in total. The van der Waals surface area contributed by atoms with Gasteiger partial charge in [-0.2, -0.15) is 0 Å². The highest BCUT2D eigenvalue weighted by Crippen LogP contribution is 2.29. The fraction of sp³-hybridized carbons (Fsp3) is 0.0714. The standard InChI is InChI=1S/C14H9FN4O3S2/c15-8-1-2-9(11(5-8)19(21)22)18-12(20)6-24-14-13-10(3-4-23-13)16-7-17-14/h1-5,7H,6H2,(H,18,20). The number of nitrogens with one attached hydrogen (secondary N) is 1. The molecule has 2 heterocycles. The van der Waals surface area contributed by atoms with Crippen LogP contribution in [0.4, 0.5) is 15.8 Å². The molecule has 10 heteroatoms. The molecule has 3 rings (SSSR count). The molecule has 0 spiro atoms. The predicted molar refractivity (Wildman–Crippen MR) is 89.8 cm³/mol. The van der Waals surface area contributed by atoms with Crippen LogP contribution >= 0.6 is 23.1 Å². The molecule has 0 bridgehead atoms. The zero-order valence-corrected chi connectivity index (χ0v) is 13.6. The van der Waals surface area contributed by atoms with Crippen molar-refractivity contribution in [3.63, 3.8) is 0 Å². The Balaban J connectivity index is 1.70. The average molecular weight is 364 g/mol. The molecule has 0 unspecified atom stereocenters. The van der Waals surface area contributed by atoms with Gasteiger partial charge in [-0.1, -0.05) is 11.8 Å². The molecule has 0 aliphatic carbocycles. The molecule has 0 atom stereocenters. The van der Waals surface area contributed by atoms with Gasteiger partial charge in [0.2, 0.25) is 5.91 Å². The van der Waals surface area contributed by atoms with Crippen LogP contribution < -0.4 is 5.32 Å². The Morgan fingerprint density at radius 3 is 3.00 bits per heavy atom. The summed E-state index contributed by atoms with van der Waals surface area (Å²) in [6.07, 6.45) is 1.42. The van der Waals surface area contributed by atoms with Crippen LogP contribution in [-0.4, -0.2) is 26.6 Å². The Kier molecular flexibility index (Phi) is 4.67. The summed E-state index contributed by atoms with van der Waals surface area (Å²) in [4.78, 5) is 30.5. The van der Waals surface area contributed by atoms with E-state index in [4.69, 9.17) is 0 Å². The average Bonchev–Trinajstić information content (AvgIpc) is 3.03. The Morgan fingerprint density at radius 1 is 1.38 bits per heavy atom. The minimum Gasteiger partial charge on any atom is -0.320 e. The number of hydrogen-bond donors (Lipinski definition) is 1. The molecule has 122 valence electrons. The zero-order valence-electron chi connectivity index (χ0n) is 11.9. The summed E-state index contributed by atoms with van der Waals surface area (Å²) in [6, 6.07) is 4.84. The molecule has 0 fully saturated rings. The first-order valence-corrected chi connectivity index (χ1v) is 8.46. The second kappa shape index (κ2) is 6.89. The third kappa shape index (κ3) is 3.49. The number of anilines is 1. The maximum Gasteiger partial charge on any atom is 0.295 e. The van der Waals surface area contributed by atoms with E-state index >= 15 is 0 Å². The van der Waals surface area contributed by atoms with Gasteiger partial charge in [0.1, 0.15) is 22.9 Å². The van der Waals surface area contributed by atoms with Crippen molar-refractivity contribution in [2.45, 2.75) is 5.03 Å². The maximum absolute atomic E-state index is 13.1. The van der Waals surface area contributed by atoms with Crippen molar-refractivity contribution in [2.75, 3.05) is 11.1 Å². The van der Waals surface area contributed by atoms with Crippen LogP contribution in [0.2, 0.25) is 0 Å². The molecule has 0 aliphatic heterocycles. The number of halogens is 1.